The molecular formula is C28H27ClN4O2S2. The van der Waals surface area contributed by atoms with Gasteiger partial charge in [-0.2, -0.15) is 5.10 Å². The standard InChI is InChI=1S/C28H27ClN4O2S2/c1-3-14-30-23(34)16-32-24(35)17-37-27(22-5-4-15-36-22)25-26(19-8-10-20(29)11-9-19)31-33(28(25)32)21-12-6-18(2)7-13-21/h4-13,15,27H,3,14,16-17H2,1-2H3,(H,30,34). The molecule has 2 aromatic carbocycles. The van der Waals surface area contributed by atoms with Gasteiger partial charge in [0.2, 0.25) is 11.8 Å². The maximum Gasteiger partial charge on any atom is 0.240 e. The molecule has 2 aromatic heterocycles. The number of thiophene rings is 1. The third kappa shape index (κ3) is 5.32. The zero-order chi connectivity index (χ0) is 25.9. The number of aryl methyl sites for hydroxylation is 1. The van der Waals surface area contributed by atoms with Crippen LogP contribution in [0.15, 0.2) is 66.0 Å². The molecule has 9 heteroatoms. The second-order valence-corrected chi connectivity index (χ2v) is 11.4. The number of hydrogen-bond acceptors (Lipinski definition) is 5. The number of hydrogen-bond donors (Lipinski definition) is 1. The van der Waals surface area contributed by atoms with Crippen LogP contribution in [0.25, 0.3) is 16.9 Å². The second-order valence-electron chi connectivity index (χ2n) is 8.88. The Morgan fingerprint density at radius 1 is 1.14 bits per heavy atom. The zero-order valence-corrected chi connectivity index (χ0v) is 23.0. The fourth-order valence-corrected chi connectivity index (χ4v) is 6.64. The number of carbonyl (C=O) groups excluding carboxylic acids is 2. The van der Waals surface area contributed by atoms with Gasteiger partial charge in [0.25, 0.3) is 0 Å². The van der Waals surface area contributed by atoms with Gasteiger partial charge in [0.15, 0.2) is 0 Å². The van der Waals surface area contributed by atoms with Crippen molar-refractivity contribution in [2.75, 3.05) is 23.7 Å². The number of benzene rings is 2. The monoisotopic (exact) mass is 550 g/mol. The van der Waals surface area contributed by atoms with Gasteiger partial charge in [-0.1, -0.05) is 54.4 Å². The summed E-state index contributed by atoms with van der Waals surface area (Å²) >= 11 is 9.44. The molecule has 0 spiro atoms. The summed E-state index contributed by atoms with van der Waals surface area (Å²) in [5.74, 6) is 0.582. The number of carbonyl (C=O) groups is 2. The first kappa shape index (κ1) is 25.6. The van der Waals surface area contributed by atoms with Crippen LogP contribution in [0.2, 0.25) is 5.02 Å². The average molecular weight is 551 g/mol. The topological polar surface area (TPSA) is 67.2 Å². The van der Waals surface area contributed by atoms with Crippen molar-refractivity contribution >= 4 is 52.3 Å². The number of nitrogens with zero attached hydrogens (tertiary/aromatic N) is 3. The van der Waals surface area contributed by atoms with E-state index < -0.39 is 0 Å². The van der Waals surface area contributed by atoms with E-state index in [0.29, 0.717) is 17.4 Å². The zero-order valence-electron chi connectivity index (χ0n) is 20.6. The molecule has 1 aliphatic heterocycles. The highest BCUT2D eigenvalue weighted by Gasteiger charge is 2.38. The van der Waals surface area contributed by atoms with Crippen molar-refractivity contribution in [1.29, 1.82) is 0 Å². The molecule has 1 atom stereocenters. The Hall–Kier alpha value is -3.07. The molecule has 1 unspecified atom stereocenters. The van der Waals surface area contributed by atoms with E-state index in [-0.39, 0.29) is 29.4 Å². The lowest BCUT2D eigenvalue weighted by Crippen LogP contribution is -2.42. The lowest BCUT2D eigenvalue weighted by Gasteiger charge is -2.23. The lowest BCUT2D eigenvalue weighted by molar-refractivity contribution is -0.122. The van der Waals surface area contributed by atoms with E-state index in [0.717, 1.165) is 39.4 Å². The Bertz CT molecular complexity index is 1400. The number of halogens is 1. The summed E-state index contributed by atoms with van der Waals surface area (Å²) in [6, 6.07) is 19.7. The Morgan fingerprint density at radius 3 is 2.57 bits per heavy atom. The molecule has 4 aromatic rings. The first-order valence-electron chi connectivity index (χ1n) is 12.1. The highest BCUT2D eigenvalue weighted by molar-refractivity contribution is 8.00. The number of aromatic nitrogens is 2. The Kier molecular flexibility index (Phi) is 7.69. The number of thioether (sulfide) groups is 1. The van der Waals surface area contributed by atoms with Gasteiger partial charge in [0.05, 0.1) is 22.4 Å². The quantitative estimate of drug-likeness (QED) is 0.295. The highest BCUT2D eigenvalue weighted by Crippen LogP contribution is 2.49. The van der Waals surface area contributed by atoms with Gasteiger partial charge < -0.3 is 5.32 Å². The van der Waals surface area contributed by atoms with Crippen molar-refractivity contribution in [3.8, 4) is 16.9 Å². The average Bonchev–Trinajstić information content (AvgIpc) is 3.54. The van der Waals surface area contributed by atoms with Gasteiger partial charge in [-0.05, 0) is 49.1 Å². The molecule has 1 aliphatic rings. The van der Waals surface area contributed by atoms with Gasteiger partial charge >= 0.3 is 0 Å². The Morgan fingerprint density at radius 2 is 1.89 bits per heavy atom. The van der Waals surface area contributed by atoms with Crippen LogP contribution in [0.3, 0.4) is 0 Å². The predicted octanol–water partition coefficient (Wildman–Crippen LogP) is 6.26. The molecule has 0 saturated carbocycles. The van der Waals surface area contributed by atoms with E-state index in [1.807, 2.05) is 78.5 Å². The maximum absolute atomic E-state index is 13.6. The minimum absolute atomic E-state index is 0.0683. The number of anilines is 1. The normalized spacial score (nSPS) is 15.4. The molecule has 37 heavy (non-hydrogen) atoms. The summed E-state index contributed by atoms with van der Waals surface area (Å²) in [6.07, 6.45) is 0.823. The molecule has 3 heterocycles. The predicted molar refractivity (Wildman–Crippen MR) is 153 cm³/mol. The van der Waals surface area contributed by atoms with Crippen LogP contribution in [0.4, 0.5) is 5.82 Å². The first-order valence-corrected chi connectivity index (χ1v) is 14.4. The summed E-state index contributed by atoms with van der Waals surface area (Å²) < 4.78 is 1.82. The molecular weight excluding hydrogens is 524 g/mol. The number of amides is 2. The third-order valence-electron chi connectivity index (χ3n) is 6.16. The number of rotatable bonds is 7. The van der Waals surface area contributed by atoms with Gasteiger partial charge in [-0.15, -0.1) is 23.1 Å². The molecule has 6 nitrogen and oxygen atoms in total. The first-order chi connectivity index (χ1) is 18.0. The fraction of sp³-hybridized carbons (Fsp3) is 0.250. The van der Waals surface area contributed by atoms with Crippen LogP contribution in [0.1, 0.15) is 34.6 Å². The SMILES string of the molecule is CCCNC(=O)CN1C(=O)CSC(c2cccs2)c2c(-c3ccc(Cl)cc3)nn(-c3ccc(C)cc3)c21. The largest absolute Gasteiger partial charge is 0.355 e. The van der Waals surface area contributed by atoms with Gasteiger partial charge in [-0.25, -0.2) is 4.68 Å². The molecule has 190 valence electrons. The van der Waals surface area contributed by atoms with Gasteiger partial charge in [0, 0.05) is 27.6 Å². The third-order valence-corrected chi connectivity index (χ3v) is 8.74. The molecule has 0 saturated heterocycles. The van der Waals surface area contributed by atoms with Gasteiger partial charge in [0.1, 0.15) is 12.4 Å². The van der Waals surface area contributed by atoms with E-state index >= 15 is 0 Å². The summed E-state index contributed by atoms with van der Waals surface area (Å²) in [7, 11) is 0. The van der Waals surface area contributed by atoms with E-state index in [4.69, 9.17) is 16.7 Å². The van der Waals surface area contributed by atoms with Crippen molar-refractivity contribution in [2.45, 2.75) is 25.5 Å². The summed E-state index contributed by atoms with van der Waals surface area (Å²) in [4.78, 5) is 29.2. The number of nitrogens with one attached hydrogen (secondary N) is 1. The van der Waals surface area contributed by atoms with Crippen LogP contribution in [-0.4, -0.2) is 40.4 Å². The summed E-state index contributed by atoms with van der Waals surface area (Å²) in [5, 5.41) is 10.6. The van der Waals surface area contributed by atoms with Crippen molar-refractivity contribution in [2.24, 2.45) is 0 Å². The molecule has 0 aliphatic carbocycles. The smallest absolute Gasteiger partial charge is 0.240 e. The van der Waals surface area contributed by atoms with Gasteiger partial charge in [-0.3, -0.25) is 14.5 Å². The van der Waals surface area contributed by atoms with Crippen molar-refractivity contribution < 1.29 is 9.59 Å². The molecule has 0 radical (unpaired) electrons. The van der Waals surface area contributed by atoms with Crippen LogP contribution in [0.5, 0.6) is 0 Å². The van der Waals surface area contributed by atoms with E-state index in [1.54, 1.807) is 28.0 Å². The summed E-state index contributed by atoms with van der Waals surface area (Å²) in [6.45, 7) is 4.53. The van der Waals surface area contributed by atoms with Crippen LogP contribution in [-0.2, 0) is 9.59 Å². The molecule has 0 bridgehead atoms. The van der Waals surface area contributed by atoms with Crippen LogP contribution < -0.4 is 10.2 Å². The van der Waals surface area contributed by atoms with Crippen molar-refractivity contribution in [3.63, 3.8) is 0 Å². The van der Waals surface area contributed by atoms with E-state index in [1.165, 1.54) is 0 Å². The van der Waals surface area contributed by atoms with E-state index in [2.05, 4.69) is 11.4 Å². The molecule has 5 rings (SSSR count). The van der Waals surface area contributed by atoms with Crippen molar-refractivity contribution in [3.05, 3.63) is 87.1 Å². The molecule has 0 fully saturated rings. The summed E-state index contributed by atoms with van der Waals surface area (Å²) in [5.41, 5.74) is 4.54. The maximum atomic E-state index is 13.6. The Balaban J connectivity index is 1.77. The number of fused-ring (bicyclic) bond motifs is 1. The van der Waals surface area contributed by atoms with E-state index in [9.17, 15) is 9.59 Å². The highest BCUT2D eigenvalue weighted by atomic mass is 35.5. The minimum atomic E-state index is -0.189. The fourth-order valence-electron chi connectivity index (χ4n) is 4.34. The van der Waals surface area contributed by atoms with Crippen LogP contribution in [0, 0.1) is 6.92 Å². The minimum Gasteiger partial charge on any atom is -0.355 e. The lowest BCUT2D eigenvalue weighted by atomic mass is 10.0. The Labute approximate surface area is 229 Å². The van der Waals surface area contributed by atoms with Crippen LogP contribution >= 0.6 is 34.7 Å². The molecule has 1 N–H and O–H groups in total. The molecule has 2 amide bonds. The second kappa shape index (κ2) is 11.1. The van der Waals surface area contributed by atoms with Crippen molar-refractivity contribution in [1.82, 2.24) is 15.1 Å².